The quantitative estimate of drug-likeness (QED) is 0.907. The van der Waals surface area contributed by atoms with Gasteiger partial charge in [-0.3, -0.25) is 0 Å². The molecule has 1 aromatic carbocycles. The Morgan fingerprint density at radius 2 is 1.95 bits per heavy atom. The van der Waals surface area contributed by atoms with Crippen LogP contribution in [0.15, 0.2) is 18.2 Å². The molecule has 2 rings (SSSR count). The van der Waals surface area contributed by atoms with Crippen LogP contribution >= 0.6 is 0 Å². The number of hydrogen-bond acceptors (Lipinski definition) is 3. The molecule has 2 N–H and O–H groups in total. The zero-order valence-corrected chi connectivity index (χ0v) is 12.2. The van der Waals surface area contributed by atoms with E-state index in [0.717, 1.165) is 37.4 Å². The first-order valence-corrected chi connectivity index (χ1v) is 7.14. The first-order chi connectivity index (χ1) is 9.13. The monoisotopic (exact) mass is 263 g/mol. The molecular formula is C16H25NO2. The SMILES string of the molecule is COc1ccc(C(C)C)cc1[C@H](N)C1CCOCC1. The highest BCUT2D eigenvalue weighted by Crippen LogP contribution is 2.35. The largest absolute Gasteiger partial charge is 0.496 e. The summed E-state index contributed by atoms with van der Waals surface area (Å²) in [7, 11) is 1.71. The van der Waals surface area contributed by atoms with Crippen molar-refractivity contribution in [1.29, 1.82) is 0 Å². The zero-order chi connectivity index (χ0) is 13.8. The van der Waals surface area contributed by atoms with Gasteiger partial charge in [0.15, 0.2) is 0 Å². The molecule has 0 saturated carbocycles. The van der Waals surface area contributed by atoms with Crippen LogP contribution in [-0.2, 0) is 4.74 Å². The summed E-state index contributed by atoms with van der Waals surface area (Å²) in [5, 5.41) is 0. The molecule has 0 radical (unpaired) electrons. The Hall–Kier alpha value is -1.06. The standard InChI is InChI=1S/C16H25NO2/c1-11(2)13-4-5-15(18-3)14(10-13)16(17)12-6-8-19-9-7-12/h4-5,10-12,16H,6-9,17H2,1-3H3/t16-/m1/s1. The van der Waals surface area contributed by atoms with Crippen LogP contribution in [0.3, 0.4) is 0 Å². The molecule has 0 aliphatic carbocycles. The van der Waals surface area contributed by atoms with Crippen molar-refractivity contribution in [1.82, 2.24) is 0 Å². The van der Waals surface area contributed by atoms with Gasteiger partial charge >= 0.3 is 0 Å². The Morgan fingerprint density at radius 1 is 1.26 bits per heavy atom. The molecular weight excluding hydrogens is 238 g/mol. The van der Waals surface area contributed by atoms with E-state index in [9.17, 15) is 0 Å². The van der Waals surface area contributed by atoms with Gasteiger partial charge < -0.3 is 15.2 Å². The van der Waals surface area contributed by atoms with Crippen molar-refractivity contribution in [3.8, 4) is 5.75 Å². The number of nitrogens with two attached hydrogens (primary N) is 1. The first-order valence-electron chi connectivity index (χ1n) is 7.14. The van der Waals surface area contributed by atoms with E-state index in [2.05, 4.69) is 26.0 Å². The molecule has 1 heterocycles. The average Bonchev–Trinajstić information content (AvgIpc) is 2.46. The Morgan fingerprint density at radius 3 is 2.53 bits per heavy atom. The third-order valence-electron chi connectivity index (χ3n) is 4.05. The number of ether oxygens (including phenoxy) is 2. The third kappa shape index (κ3) is 3.28. The van der Waals surface area contributed by atoms with Crippen LogP contribution in [0.25, 0.3) is 0 Å². The molecule has 1 aliphatic rings. The van der Waals surface area contributed by atoms with E-state index in [0.29, 0.717) is 11.8 Å². The fourth-order valence-corrected chi connectivity index (χ4v) is 2.70. The van der Waals surface area contributed by atoms with Gasteiger partial charge in [-0.1, -0.05) is 26.0 Å². The molecule has 3 heteroatoms. The molecule has 1 atom stereocenters. The summed E-state index contributed by atoms with van der Waals surface area (Å²) in [5.41, 5.74) is 8.94. The van der Waals surface area contributed by atoms with Gasteiger partial charge in [-0.25, -0.2) is 0 Å². The molecule has 0 aromatic heterocycles. The third-order valence-corrected chi connectivity index (χ3v) is 4.05. The Balaban J connectivity index is 2.27. The Bertz CT molecular complexity index is 411. The minimum Gasteiger partial charge on any atom is -0.496 e. The summed E-state index contributed by atoms with van der Waals surface area (Å²) in [4.78, 5) is 0. The van der Waals surface area contributed by atoms with Crippen molar-refractivity contribution < 1.29 is 9.47 Å². The molecule has 1 saturated heterocycles. The first kappa shape index (κ1) is 14.4. The summed E-state index contributed by atoms with van der Waals surface area (Å²) in [6, 6.07) is 6.43. The van der Waals surface area contributed by atoms with Crippen LogP contribution in [0.5, 0.6) is 5.75 Å². The maximum atomic E-state index is 6.48. The van der Waals surface area contributed by atoms with Crippen LogP contribution in [0.2, 0.25) is 0 Å². The van der Waals surface area contributed by atoms with Crippen molar-refractivity contribution in [3.05, 3.63) is 29.3 Å². The number of methoxy groups -OCH3 is 1. The van der Waals surface area contributed by atoms with E-state index < -0.39 is 0 Å². The maximum Gasteiger partial charge on any atom is 0.123 e. The van der Waals surface area contributed by atoms with Crippen molar-refractivity contribution >= 4 is 0 Å². The maximum absolute atomic E-state index is 6.48. The lowest BCUT2D eigenvalue weighted by Gasteiger charge is -2.29. The number of benzene rings is 1. The van der Waals surface area contributed by atoms with Crippen molar-refractivity contribution in [2.45, 2.75) is 38.6 Å². The predicted octanol–water partition coefficient (Wildman–Crippen LogP) is 3.25. The fourth-order valence-electron chi connectivity index (χ4n) is 2.70. The summed E-state index contributed by atoms with van der Waals surface area (Å²) >= 11 is 0. The summed E-state index contributed by atoms with van der Waals surface area (Å²) < 4.78 is 10.9. The minimum absolute atomic E-state index is 0.0394. The smallest absolute Gasteiger partial charge is 0.123 e. The van der Waals surface area contributed by atoms with Crippen LogP contribution in [0, 0.1) is 5.92 Å². The highest BCUT2D eigenvalue weighted by molar-refractivity contribution is 5.40. The summed E-state index contributed by atoms with van der Waals surface area (Å²) in [6.07, 6.45) is 2.08. The van der Waals surface area contributed by atoms with Crippen LogP contribution < -0.4 is 10.5 Å². The van der Waals surface area contributed by atoms with Gasteiger partial charge in [0.25, 0.3) is 0 Å². The zero-order valence-electron chi connectivity index (χ0n) is 12.2. The van der Waals surface area contributed by atoms with Crippen LogP contribution in [0.4, 0.5) is 0 Å². The van der Waals surface area contributed by atoms with Gasteiger partial charge in [-0.15, -0.1) is 0 Å². The van der Waals surface area contributed by atoms with Gasteiger partial charge in [-0.05, 0) is 36.3 Å². The minimum atomic E-state index is 0.0394. The van der Waals surface area contributed by atoms with E-state index in [1.165, 1.54) is 5.56 Å². The normalized spacial score (nSPS) is 18.6. The molecule has 106 valence electrons. The average molecular weight is 263 g/mol. The molecule has 0 unspecified atom stereocenters. The summed E-state index contributed by atoms with van der Waals surface area (Å²) in [5.74, 6) is 1.90. The fraction of sp³-hybridized carbons (Fsp3) is 0.625. The van der Waals surface area contributed by atoms with E-state index in [-0.39, 0.29) is 6.04 Å². The van der Waals surface area contributed by atoms with Crippen molar-refractivity contribution in [2.75, 3.05) is 20.3 Å². The molecule has 0 amide bonds. The second-order valence-corrected chi connectivity index (χ2v) is 5.63. The van der Waals surface area contributed by atoms with Gasteiger partial charge in [0.1, 0.15) is 5.75 Å². The lowest BCUT2D eigenvalue weighted by atomic mass is 9.86. The second kappa shape index (κ2) is 6.40. The Kier molecular flexibility index (Phi) is 4.83. The highest BCUT2D eigenvalue weighted by atomic mass is 16.5. The van der Waals surface area contributed by atoms with E-state index in [1.54, 1.807) is 7.11 Å². The van der Waals surface area contributed by atoms with Gasteiger partial charge in [0.05, 0.1) is 7.11 Å². The van der Waals surface area contributed by atoms with Crippen LogP contribution in [-0.4, -0.2) is 20.3 Å². The summed E-state index contributed by atoms with van der Waals surface area (Å²) in [6.45, 7) is 6.05. The lowest BCUT2D eigenvalue weighted by Crippen LogP contribution is -2.27. The molecule has 19 heavy (non-hydrogen) atoms. The van der Waals surface area contributed by atoms with Crippen molar-refractivity contribution in [2.24, 2.45) is 11.7 Å². The van der Waals surface area contributed by atoms with Gasteiger partial charge in [-0.2, -0.15) is 0 Å². The molecule has 1 aliphatic heterocycles. The number of rotatable bonds is 4. The number of hydrogen-bond donors (Lipinski definition) is 1. The molecule has 1 fully saturated rings. The van der Waals surface area contributed by atoms with Gasteiger partial charge in [0.2, 0.25) is 0 Å². The molecule has 0 bridgehead atoms. The van der Waals surface area contributed by atoms with E-state index in [1.807, 2.05) is 6.07 Å². The second-order valence-electron chi connectivity index (χ2n) is 5.63. The van der Waals surface area contributed by atoms with Gasteiger partial charge in [0, 0.05) is 24.8 Å². The topological polar surface area (TPSA) is 44.5 Å². The molecule has 1 aromatic rings. The molecule has 0 spiro atoms. The van der Waals surface area contributed by atoms with E-state index >= 15 is 0 Å². The van der Waals surface area contributed by atoms with Crippen LogP contribution in [0.1, 0.15) is 49.8 Å². The predicted molar refractivity (Wildman–Crippen MR) is 77.6 cm³/mol. The Labute approximate surface area is 116 Å². The van der Waals surface area contributed by atoms with E-state index in [4.69, 9.17) is 15.2 Å². The van der Waals surface area contributed by atoms with Crippen molar-refractivity contribution in [3.63, 3.8) is 0 Å². The lowest BCUT2D eigenvalue weighted by molar-refractivity contribution is 0.0581. The molecule has 3 nitrogen and oxygen atoms in total. The highest BCUT2D eigenvalue weighted by Gasteiger charge is 2.25.